The predicted octanol–water partition coefficient (Wildman–Crippen LogP) is 1.66. The Bertz CT molecular complexity index is 233. The van der Waals surface area contributed by atoms with Crippen molar-refractivity contribution < 1.29 is 19.1 Å². The van der Waals surface area contributed by atoms with Crippen molar-refractivity contribution in [2.75, 3.05) is 6.16 Å². The first kappa shape index (κ1) is 13.8. The topological polar surface area (TPSA) is 74.6 Å². The molecule has 0 radical (unpaired) electrons. The Morgan fingerprint density at radius 3 is 1.71 bits per heavy atom. The van der Waals surface area contributed by atoms with Crippen LogP contribution in [0.1, 0.15) is 27.7 Å². The van der Waals surface area contributed by atoms with E-state index in [0.717, 1.165) is 0 Å². The van der Waals surface area contributed by atoms with Gasteiger partial charge in [-0.2, -0.15) is 0 Å². The summed E-state index contributed by atoms with van der Waals surface area (Å²) in [5, 5.41) is 0. The molecule has 0 aromatic heterocycles. The maximum atomic E-state index is 11.5. The van der Waals surface area contributed by atoms with E-state index in [0.29, 0.717) is 0 Å². The molecule has 0 heterocycles. The van der Waals surface area contributed by atoms with Crippen molar-refractivity contribution in [1.29, 1.82) is 0 Å². The van der Waals surface area contributed by atoms with Crippen molar-refractivity contribution in [3.05, 3.63) is 0 Å². The molecule has 0 aliphatic heterocycles. The number of hydrogen-bond acceptors (Lipinski definition) is 2. The maximum absolute atomic E-state index is 11.5. The molecule has 0 atom stereocenters. The molecule has 0 aliphatic rings. The quantitative estimate of drug-likeness (QED) is 0.694. The Morgan fingerprint density at radius 2 is 1.50 bits per heavy atom. The zero-order valence-electron chi connectivity index (χ0n) is 9.10. The minimum Gasteiger partial charge on any atom is -0.324 e. The SMILES string of the molecule is CC(C)C(C(=O)CP(=O)(O)O)C(C)C. The third kappa shape index (κ3) is 4.89. The highest BCUT2D eigenvalue weighted by molar-refractivity contribution is 7.52. The van der Waals surface area contributed by atoms with Gasteiger partial charge in [0.2, 0.25) is 0 Å². The molecule has 0 unspecified atom stereocenters. The van der Waals surface area contributed by atoms with E-state index in [2.05, 4.69) is 0 Å². The molecule has 0 rings (SSSR count). The molecule has 0 amide bonds. The van der Waals surface area contributed by atoms with Crippen LogP contribution in [0, 0.1) is 17.8 Å². The monoisotopic (exact) mass is 222 g/mol. The standard InChI is InChI=1S/C9H19O4P/c1-6(2)9(7(3)4)8(10)5-14(11,12)13/h6-7,9H,5H2,1-4H3,(H2,11,12,13). The average Bonchev–Trinajstić information content (AvgIpc) is 1.78. The smallest absolute Gasteiger partial charge is 0.324 e. The summed E-state index contributed by atoms with van der Waals surface area (Å²) in [6.45, 7) is 7.56. The van der Waals surface area contributed by atoms with Gasteiger partial charge in [0.25, 0.3) is 0 Å². The highest BCUT2D eigenvalue weighted by Crippen LogP contribution is 2.36. The van der Waals surface area contributed by atoms with Crippen molar-refractivity contribution in [3.8, 4) is 0 Å². The van der Waals surface area contributed by atoms with Gasteiger partial charge < -0.3 is 9.79 Å². The summed E-state index contributed by atoms with van der Waals surface area (Å²) in [5.41, 5.74) is 0. The molecular weight excluding hydrogens is 203 g/mol. The Morgan fingerprint density at radius 1 is 1.14 bits per heavy atom. The second kappa shape index (κ2) is 5.06. The molecule has 0 aliphatic carbocycles. The zero-order chi connectivity index (χ0) is 11.5. The van der Waals surface area contributed by atoms with E-state index in [1.165, 1.54) is 0 Å². The first-order valence-corrected chi connectivity index (χ1v) is 6.52. The Hall–Kier alpha value is -0.180. The number of rotatable bonds is 5. The van der Waals surface area contributed by atoms with Crippen LogP contribution in [0.15, 0.2) is 0 Å². The van der Waals surface area contributed by atoms with Crippen LogP contribution >= 0.6 is 7.60 Å². The van der Waals surface area contributed by atoms with Crippen LogP contribution in [0.3, 0.4) is 0 Å². The first-order valence-electron chi connectivity index (χ1n) is 4.72. The fraction of sp³-hybridized carbons (Fsp3) is 0.889. The van der Waals surface area contributed by atoms with Crippen molar-refractivity contribution in [2.45, 2.75) is 27.7 Å². The lowest BCUT2D eigenvalue weighted by Crippen LogP contribution is -2.27. The van der Waals surface area contributed by atoms with E-state index in [1.807, 2.05) is 27.7 Å². The fourth-order valence-corrected chi connectivity index (χ4v) is 2.44. The Labute approximate surface area is 84.9 Å². The molecule has 2 N–H and O–H groups in total. The maximum Gasteiger partial charge on any atom is 0.332 e. The number of hydrogen-bond donors (Lipinski definition) is 2. The second-order valence-corrected chi connectivity index (χ2v) is 5.95. The van der Waals surface area contributed by atoms with E-state index in [-0.39, 0.29) is 23.5 Å². The second-order valence-electron chi connectivity index (χ2n) is 4.30. The Kier molecular flexibility index (Phi) is 4.99. The first-order chi connectivity index (χ1) is 6.15. The third-order valence-corrected chi connectivity index (χ3v) is 2.89. The molecular formula is C9H19O4P. The molecule has 0 fully saturated rings. The van der Waals surface area contributed by atoms with Crippen LogP contribution in [0.4, 0.5) is 0 Å². The molecule has 4 nitrogen and oxygen atoms in total. The van der Waals surface area contributed by atoms with Gasteiger partial charge in [0.1, 0.15) is 11.9 Å². The summed E-state index contributed by atoms with van der Waals surface area (Å²) >= 11 is 0. The number of carbonyl (C=O) groups is 1. The molecule has 0 aromatic rings. The van der Waals surface area contributed by atoms with Crippen molar-refractivity contribution in [1.82, 2.24) is 0 Å². The number of carbonyl (C=O) groups excluding carboxylic acids is 1. The predicted molar refractivity (Wildman–Crippen MR) is 55.1 cm³/mol. The minimum atomic E-state index is -4.20. The average molecular weight is 222 g/mol. The van der Waals surface area contributed by atoms with Crippen LogP contribution in [0.25, 0.3) is 0 Å². The van der Waals surface area contributed by atoms with Gasteiger partial charge >= 0.3 is 7.60 Å². The number of Topliss-reactive ketones (excluding diaryl/α,β-unsaturated/α-hetero) is 1. The van der Waals surface area contributed by atoms with Crippen molar-refractivity contribution >= 4 is 13.4 Å². The fourth-order valence-electron chi connectivity index (χ4n) is 1.82. The highest BCUT2D eigenvalue weighted by atomic mass is 31.2. The van der Waals surface area contributed by atoms with Crippen molar-refractivity contribution in [2.24, 2.45) is 17.8 Å². The van der Waals surface area contributed by atoms with E-state index >= 15 is 0 Å². The van der Waals surface area contributed by atoms with E-state index in [9.17, 15) is 9.36 Å². The summed E-state index contributed by atoms with van der Waals surface area (Å²) in [6, 6.07) is 0. The van der Waals surface area contributed by atoms with Gasteiger partial charge in [-0.1, -0.05) is 27.7 Å². The van der Waals surface area contributed by atoms with Gasteiger partial charge in [0.15, 0.2) is 0 Å². The van der Waals surface area contributed by atoms with Gasteiger partial charge in [-0.15, -0.1) is 0 Å². The number of ketones is 1. The molecule has 84 valence electrons. The minimum absolute atomic E-state index is 0.119. The highest BCUT2D eigenvalue weighted by Gasteiger charge is 2.30. The molecule has 0 saturated carbocycles. The molecule has 14 heavy (non-hydrogen) atoms. The van der Waals surface area contributed by atoms with Crippen LogP contribution < -0.4 is 0 Å². The lowest BCUT2D eigenvalue weighted by Gasteiger charge is -2.23. The van der Waals surface area contributed by atoms with Gasteiger partial charge in [-0.05, 0) is 11.8 Å². The van der Waals surface area contributed by atoms with E-state index in [1.54, 1.807) is 0 Å². The van der Waals surface area contributed by atoms with E-state index in [4.69, 9.17) is 9.79 Å². The lowest BCUT2D eigenvalue weighted by atomic mass is 9.83. The molecule has 0 spiro atoms. The van der Waals surface area contributed by atoms with Gasteiger partial charge in [-0.25, -0.2) is 0 Å². The van der Waals surface area contributed by atoms with Crippen LogP contribution in [0.5, 0.6) is 0 Å². The molecule has 0 bridgehead atoms. The summed E-state index contributed by atoms with van der Waals surface area (Å²) in [6.07, 6.45) is -0.631. The van der Waals surface area contributed by atoms with Gasteiger partial charge in [0.05, 0.1) is 0 Å². The van der Waals surface area contributed by atoms with E-state index < -0.39 is 13.8 Å². The zero-order valence-corrected chi connectivity index (χ0v) is 9.99. The normalized spacial score (nSPS) is 12.9. The lowest BCUT2D eigenvalue weighted by molar-refractivity contribution is -0.123. The van der Waals surface area contributed by atoms with Gasteiger partial charge in [0, 0.05) is 5.92 Å². The summed E-state index contributed by atoms with van der Waals surface area (Å²) in [5.74, 6) is -0.353. The Balaban J connectivity index is 4.55. The molecule has 5 heteroatoms. The summed E-state index contributed by atoms with van der Waals surface area (Å²) in [7, 11) is -4.20. The summed E-state index contributed by atoms with van der Waals surface area (Å²) < 4.78 is 10.7. The largest absolute Gasteiger partial charge is 0.332 e. The third-order valence-electron chi connectivity index (χ3n) is 2.17. The van der Waals surface area contributed by atoms with Crippen LogP contribution in [0.2, 0.25) is 0 Å². The molecule has 0 saturated heterocycles. The van der Waals surface area contributed by atoms with Crippen LogP contribution in [-0.2, 0) is 9.36 Å². The summed E-state index contributed by atoms with van der Waals surface area (Å²) in [4.78, 5) is 28.9. The molecule has 0 aromatic carbocycles. The van der Waals surface area contributed by atoms with Crippen LogP contribution in [-0.4, -0.2) is 21.7 Å². The van der Waals surface area contributed by atoms with Gasteiger partial charge in [-0.3, -0.25) is 9.36 Å². The van der Waals surface area contributed by atoms with Crippen molar-refractivity contribution in [3.63, 3.8) is 0 Å².